The van der Waals surface area contributed by atoms with Crippen molar-refractivity contribution >= 4 is 16.9 Å². The summed E-state index contributed by atoms with van der Waals surface area (Å²) in [6.45, 7) is 3.55. The molecule has 4 rings (SSSR count). The van der Waals surface area contributed by atoms with Crippen molar-refractivity contribution in [1.82, 2.24) is 14.7 Å². The van der Waals surface area contributed by atoms with Crippen LogP contribution in [-0.2, 0) is 4.74 Å². The molecule has 140 valence electrons. The van der Waals surface area contributed by atoms with Crippen LogP contribution in [0.1, 0.15) is 48.5 Å². The number of para-hydroxylation sites is 1. The van der Waals surface area contributed by atoms with Crippen LogP contribution in [0.15, 0.2) is 35.4 Å². The Morgan fingerprint density at radius 1 is 1.33 bits per heavy atom. The van der Waals surface area contributed by atoms with Gasteiger partial charge in [-0.25, -0.2) is 14.6 Å². The van der Waals surface area contributed by atoms with Crippen molar-refractivity contribution in [3.05, 3.63) is 52.2 Å². The van der Waals surface area contributed by atoms with E-state index < -0.39 is 11.7 Å². The average Bonchev–Trinajstić information content (AvgIpc) is 3.41. The topological polar surface area (TPSA) is 86.2 Å². The second-order valence-electron chi connectivity index (χ2n) is 7.00. The van der Waals surface area contributed by atoms with Gasteiger partial charge in [0.1, 0.15) is 12.7 Å². The fraction of sp³-hybridized carbons (Fsp3) is 0.350. The second-order valence-corrected chi connectivity index (χ2v) is 7.00. The third kappa shape index (κ3) is 3.09. The molecular weight excluding hydrogens is 346 g/mol. The molecule has 0 aliphatic heterocycles. The van der Waals surface area contributed by atoms with Crippen LogP contribution in [0.2, 0.25) is 0 Å². The molecule has 1 aliphatic carbocycles. The lowest BCUT2D eigenvalue weighted by Gasteiger charge is -2.10. The number of hydrogen-bond donors (Lipinski definition) is 1. The molecule has 0 radical (unpaired) electrons. The summed E-state index contributed by atoms with van der Waals surface area (Å²) in [7, 11) is 1.59. The zero-order valence-corrected chi connectivity index (χ0v) is 15.5. The standard InChI is InChI=1S/C20H21N3O4/c1-11(2)27-19(24)15-9-21-20(25)22-17(15)16-10-23(26-3)18-13(12-7-8-12)5-4-6-14(16)18/h4-6,9-12H,7-8H2,1-3H3,(H,21,22,25). The highest BCUT2D eigenvalue weighted by molar-refractivity contribution is 6.03. The van der Waals surface area contributed by atoms with E-state index in [1.54, 1.807) is 31.9 Å². The van der Waals surface area contributed by atoms with Crippen molar-refractivity contribution in [1.29, 1.82) is 0 Å². The molecule has 0 atom stereocenters. The fourth-order valence-electron chi connectivity index (χ4n) is 3.38. The SMILES string of the molecule is COn1cc(-c2[nH]c(=O)ncc2C(=O)OC(C)C)c2cccc(C3CC3)c21. The van der Waals surface area contributed by atoms with Gasteiger partial charge in [0.25, 0.3) is 0 Å². The number of carbonyl (C=O) groups is 1. The normalized spacial score (nSPS) is 13.9. The number of fused-ring (bicyclic) bond motifs is 1. The Bertz CT molecular complexity index is 1080. The van der Waals surface area contributed by atoms with Gasteiger partial charge in [0, 0.05) is 17.1 Å². The molecule has 3 aromatic rings. The van der Waals surface area contributed by atoms with Crippen molar-refractivity contribution in [3.8, 4) is 11.3 Å². The smallest absolute Gasteiger partial charge is 0.345 e. The number of aromatic amines is 1. The molecule has 0 saturated heterocycles. The van der Waals surface area contributed by atoms with Crippen molar-refractivity contribution < 1.29 is 14.4 Å². The van der Waals surface area contributed by atoms with E-state index in [1.807, 2.05) is 12.1 Å². The van der Waals surface area contributed by atoms with Gasteiger partial charge in [0.15, 0.2) is 0 Å². The quantitative estimate of drug-likeness (QED) is 0.701. The number of aromatic nitrogens is 3. The molecule has 1 saturated carbocycles. The Morgan fingerprint density at radius 2 is 2.11 bits per heavy atom. The molecule has 1 fully saturated rings. The van der Waals surface area contributed by atoms with Gasteiger partial charge in [-0.2, -0.15) is 4.73 Å². The lowest BCUT2D eigenvalue weighted by atomic mass is 10.0. The van der Waals surface area contributed by atoms with Crippen molar-refractivity contribution in [3.63, 3.8) is 0 Å². The number of H-pyrrole nitrogens is 1. The minimum absolute atomic E-state index is 0.218. The molecule has 0 spiro atoms. The average molecular weight is 367 g/mol. The van der Waals surface area contributed by atoms with Crippen molar-refractivity contribution in [2.75, 3.05) is 7.11 Å². The lowest BCUT2D eigenvalue weighted by Crippen LogP contribution is -2.18. The van der Waals surface area contributed by atoms with Crippen molar-refractivity contribution in [2.45, 2.75) is 38.7 Å². The van der Waals surface area contributed by atoms with E-state index >= 15 is 0 Å². The first-order valence-corrected chi connectivity index (χ1v) is 8.98. The molecule has 0 unspecified atom stereocenters. The molecule has 1 aliphatic rings. The molecular formula is C20H21N3O4. The maximum atomic E-state index is 12.5. The van der Waals surface area contributed by atoms with E-state index in [1.165, 1.54) is 11.8 Å². The Hall–Kier alpha value is -3.09. The summed E-state index contributed by atoms with van der Waals surface area (Å²) in [5.41, 5.74) is 2.94. The van der Waals surface area contributed by atoms with Crippen LogP contribution >= 0.6 is 0 Å². The Labute approximate surface area is 155 Å². The summed E-state index contributed by atoms with van der Waals surface area (Å²) >= 11 is 0. The molecule has 1 N–H and O–H groups in total. The predicted octanol–water partition coefficient (Wildman–Crippen LogP) is 2.89. The maximum Gasteiger partial charge on any atom is 0.345 e. The first kappa shape index (κ1) is 17.3. The van der Waals surface area contributed by atoms with Gasteiger partial charge in [-0.05, 0) is 38.2 Å². The number of carbonyl (C=O) groups excluding carboxylic acids is 1. The number of esters is 1. The molecule has 0 bridgehead atoms. The summed E-state index contributed by atoms with van der Waals surface area (Å²) in [5.74, 6) is -0.00682. The second kappa shape index (κ2) is 6.57. The van der Waals surface area contributed by atoms with E-state index in [4.69, 9.17) is 9.57 Å². The fourth-order valence-corrected chi connectivity index (χ4v) is 3.38. The maximum absolute atomic E-state index is 12.5. The zero-order chi connectivity index (χ0) is 19.1. The highest BCUT2D eigenvalue weighted by atomic mass is 16.6. The van der Waals surface area contributed by atoms with Gasteiger partial charge in [-0.1, -0.05) is 18.2 Å². The number of nitrogens with one attached hydrogen (secondary N) is 1. The Kier molecular flexibility index (Phi) is 4.22. The molecule has 2 heterocycles. The van der Waals surface area contributed by atoms with Gasteiger partial charge in [0.2, 0.25) is 0 Å². The minimum atomic E-state index is -0.527. The number of rotatable bonds is 5. The zero-order valence-electron chi connectivity index (χ0n) is 15.5. The van der Waals surface area contributed by atoms with E-state index in [0.29, 0.717) is 17.2 Å². The number of benzene rings is 1. The van der Waals surface area contributed by atoms with Gasteiger partial charge < -0.3 is 14.6 Å². The third-order valence-electron chi connectivity index (χ3n) is 4.68. The van der Waals surface area contributed by atoms with Crippen LogP contribution < -0.4 is 10.5 Å². The number of ether oxygens (including phenoxy) is 1. The monoisotopic (exact) mass is 367 g/mol. The molecule has 0 amide bonds. The van der Waals surface area contributed by atoms with Crippen LogP contribution in [0, 0.1) is 0 Å². The highest BCUT2D eigenvalue weighted by Gasteiger charge is 2.29. The summed E-state index contributed by atoms with van der Waals surface area (Å²) in [4.78, 5) is 36.4. The molecule has 2 aromatic heterocycles. The Balaban J connectivity index is 1.95. The van der Waals surface area contributed by atoms with Gasteiger partial charge in [-0.3, -0.25) is 0 Å². The van der Waals surface area contributed by atoms with E-state index in [2.05, 4.69) is 16.0 Å². The van der Waals surface area contributed by atoms with Gasteiger partial charge in [0.05, 0.1) is 23.5 Å². The van der Waals surface area contributed by atoms with Crippen LogP contribution in [-0.4, -0.2) is 33.9 Å². The first-order valence-electron chi connectivity index (χ1n) is 8.98. The predicted molar refractivity (Wildman–Crippen MR) is 101 cm³/mol. The summed E-state index contributed by atoms with van der Waals surface area (Å²) < 4.78 is 7.01. The summed E-state index contributed by atoms with van der Waals surface area (Å²) in [6.07, 6.45) is 5.08. The van der Waals surface area contributed by atoms with Crippen LogP contribution in [0.25, 0.3) is 22.2 Å². The Morgan fingerprint density at radius 3 is 2.78 bits per heavy atom. The molecule has 7 nitrogen and oxygen atoms in total. The van der Waals surface area contributed by atoms with Gasteiger partial charge in [-0.15, -0.1) is 0 Å². The molecule has 27 heavy (non-hydrogen) atoms. The molecule has 1 aromatic carbocycles. The number of hydrogen-bond acceptors (Lipinski definition) is 5. The third-order valence-corrected chi connectivity index (χ3v) is 4.68. The highest BCUT2D eigenvalue weighted by Crippen LogP contribution is 2.44. The van der Waals surface area contributed by atoms with Crippen LogP contribution in [0.4, 0.5) is 0 Å². The van der Waals surface area contributed by atoms with Gasteiger partial charge >= 0.3 is 11.7 Å². The van der Waals surface area contributed by atoms with E-state index in [-0.39, 0.29) is 11.7 Å². The summed E-state index contributed by atoms with van der Waals surface area (Å²) in [5, 5.41) is 0.904. The lowest BCUT2D eigenvalue weighted by molar-refractivity contribution is 0.0378. The largest absolute Gasteiger partial charge is 0.459 e. The molecule has 7 heteroatoms. The van der Waals surface area contributed by atoms with E-state index in [0.717, 1.165) is 23.7 Å². The van der Waals surface area contributed by atoms with Crippen LogP contribution in [0.3, 0.4) is 0 Å². The number of nitrogens with zero attached hydrogens (tertiary/aromatic N) is 2. The van der Waals surface area contributed by atoms with Crippen LogP contribution in [0.5, 0.6) is 0 Å². The van der Waals surface area contributed by atoms with E-state index in [9.17, 15) is 9.59 Å². The first-order chi connectivity index (χ1) is 13.0. The summed E-state index contributed by atoms with van der Waals surface area (Å²) in [6, 6.07) is 6.05. The minimum Gasteiger partial charge on any atom is -0.459 e. The van der Waals surface area contributed by atoms with Crippen molar-refractivity contribution in [2.24, 2.45) is 0 Å².